The molecular weight excluding hydrogens is 208 g/mol. The molecule has 2 heterocycles. The van der Waals surface area contributed by atoms with Gasteiger partial charge in [0.2, 0.25) is 0 Å². The van der Waals surface area contributed by atoms with Crippen molar-refractivity contribution in [3.05, 3.63) is 0 Å². The maximum absolute atomic E-state index is 11.8. The van der Waals surface area contributed by atoms with Crippen molar-refractivity contribution in [1.29, 1.82) is 0 Å². The molecule has 0 spiro atoms. The first-order chi connectivity index (χ1) is 7.84. The van der Waals surface area contributed by atoms with Gasteiger partial charge < -0.3 is 9.47 Å². The second kappa shape index (κ2) is 6.30. The Morgan fingerprint density at radius 2 is 1.19 bits per heavy atom. The minimum atomic E-state index is 0.309. The lowest BCUT2D eigenvalue weighted by Gasteiger charge is -2.29. The van der Waals surface area contributed by atoms with Crippen LogP contribution < -0.4 is 0 Å². The Morgan fingerprint density at radius 1 is 0.812 bits per heavy atom. The van der Waals surface area contributed by atoms with Crippen molar-refractivity contribution in [3.8, 4) is 0 Å². The second-order valence-corrected chi connectivity index (χ2v) is 4.32. The van der Waals surface area contributed by atoms with E-state index in [0.29, 0.717) is 18.9 Å². The average Bonchev–Trinajstić information content (AvgIpc) is 2.31. The molecular formula is C11H20N2O3. The minimum Gasteiger partial charge on any atom is -0.379 e. The van der Waals surface area contributed by atoms with E-state index in [1.54, 1.807) is 0 Å². The molecule has 2 fully saturated rings. The van der Waals surface area contributed by atoms with Crippen LogP contribution in [-0.2, 0) is 14.3 Å². The number of hydrogen-bond donors (Lipinski definition) is 0. The highest BCUT2D eigenvalue weighted by molar-refractivity contribution is 5.82. The summed E-state index contributed by atoms with van der Waals surface area (Å²) in [5, 5.41) is 0. The number of carbonyl (C=O) groups is 1. The first-order valence-corrected chi connectivity index (χ1v) is 5.96. The van der Waals surface area contributed by atoms with Crippen molar-refractivity contribution in [1.82, 2.24) is 9.80 Å². The molecule has 92 valence electrons. The van der Waals surface area contributed by atoms with Gasteiger partial charge in [-0.15, -0.1) is 0 Å². The Bertz CT molecular complexity index is 201. The number of nitrogens with zero attached hydrogens (tertiary/aromatic N) is 2. The van der Waals surface area contributed by atoms with Gasteiger partial charge in [0, 0.05) is 26.2 Å². The normalized spacial score (nSPS) is 24.5. The topological polar surface area (TPSA) is 42.0 Å². The Balaban J connectivity index is 1.66. The zero-order chi connectivity index (χ0) is 11.2. The maximum Gasteiger partial charge on any atom is 0.160 e. The predicted molar refractivity (Wildman–Crippen MR) is 59.5 cm³/mol. The average molecular weight is 228 g/mol. The fraction of sp³-hybridized carbons (Fsp3) is 0.909. The molecule has 0 unspecified atom stereocenters. The zero-order valence-electron chi connectivity index (χ0n) is 9.69. The zero-order valence-corrected chi connectivity index (χ0v) is 9.69. The van der Waals surface area contributed by atoms with E-state index in [0.717, 1.165) is 52.6 Å². The molecule has 0 aromatic heterocycles. The summed E-state index contributed by atoms with van der Waals surface area (Å²) in [5.41, 5.74) is 0. The van der Waals surface area contributed by atoms with Crippen molar-refractivity contribution >= 4 is 5.78 Å². The summed E-state index contributed by atoms with van der Waals surface area (Å²) in [4.78, 5) is 16.2. The van der Waals surface area contributed by atoms with Gasteiger partial charge in [-0.2, -0.15) is 0 Å². The summed E-state index contributed by atoms with van der Waals surface area (Å²) in [6.45, 7) is 7.69. The molecule has 0 amide bonds. The third kappa shape index (κ3) is 3.83. The van der Waals surface area contributed by atoms with Crippen molar-refractivity contribution in [2.24, 2.45) is 0 Å². The molecule has 2 saturated heterocycles. The minimum absolute atomic E-state index is 0.309. The van der Waals surface area contributed by atoms with Crippen LogP contribution in [0.1, 0.15) is 0 Å². The van der Waals surface area contributed by atoms with E-state index in [2.05, 4.69) is 9.80 Å². The van der Waals surface area contributed by atoms with Gasteiger partial charge in [-0.25, -0.2) is 0 Å². The molecule has 5 heteroatoms. The van der Waals surface area contributed by atoms with Gasteiger partial charge in [-0.3, -0.25) is 14.6 Å². The fourth-order valence-electron chi connectivity index (χ4n) is 2.07. The van der Waals surface area contributed by atoms with Crippen LogP contribution in [0.4, 0.5) is 0 Å². The summed E-state index contributed by atoms with van der Waals surface area (Å²) in [6, 6.07) is 0. The third-order valence-electron chi connectivity index (χ3n) is 3.01. The number of hydrogen-bond acceptors (Lipinski definition) is 5. The highest BCUT2D eigenvalue weighted by atomic mass is 16.5. The molecule has 5 nitrogen and oxygen atoms in total. The fourth-order valence-corrected chi connectivity index (χ4v) is 2.07. The van der Waals surface area contributed by atoms with Crippen molar-refractivity contribution in [3.63, 3.8) is 0 Å². The van der Waals surface area contributed by atoms with Gasteiger partial charge in [-0.1, -0.05) is 0 Å². The van der Waals surface area contributed by atoms with Crippen LogP contribution in [0.2, 0.25) is 0 Å². The lowest BCUT2D eigenvalue weighted by atomic mass is 10.3. The monoisotopic (exact) mass is 228 g/mol. The molecule has 0 saturated carbocycles. The molecule has 0 aromatic carbocycles. The Morgan fingerprint density at radius 3 is 1.56 bits per heavy atom. The van der Waals surface area contributed by atoms with E-state index in [1.807, 2.05) is 0 Å². The lowest BCUT2D eigenvalue weighted by Crippen LogP contribution is -2.45. The Labute approximate surface area is 96.3 Å². The molecule has 2 aliphatic rings. The molecule has 2 rings (SSSR count). The van der Waals surface area contributed by atoms with Crippen LogP contribution in [0, 0.1) is 0 Å². The Hall–Kier alpha value is -0.490. The molecule has 0 bridgehead atoms. The lowest BCUT2D eigenvalue weighted by molar-refractivity contribution is -0.123. The van der Waals surface area contributed by atoms with Gasteiger partial charge in [0.25, 0.3) is 0 Å². The van der Waals surface area contributed by atoms with Gasteiger partial charge >= 0.3 is 0 Å². The Kier molecular flexibility index (Phi) is 4.71. The van der Waals surface area contributed by atoms with Crippen LogP contribution in [0.25, 0.3) is 0 Å². The number of ether oxygens (including phenoxy) is 2. The standard InChI is InChI=1S/C11H20N2O3/c14-11(9-12-1-5-15-6-2-12)10-13-3-7-16-8-4-13/h1-10H2. The molecule has 0 aromatic rings. The van der Waals surface area contributed by atoms with E-state index >= 15 is 0 Å². The highest BCUT2D eigenvalue weighted by Gasteiger charge is 2.17. The third-order valence-corrected chi connectivity index (χ3v) is 3.01. The van der Waals surface area contributed by atoms with E-state index in [4.69, 9.17) is 9.47 Å². The number of ketones is 1. The van der Waals surface area contributed by atoms with Crippen molar-refractivity contribution in [2.75, 3.05) is 65.7 Å². The van der Waals surface area contributed by atoms with E-state index in [1.165, 1.54) is 0 Å². The number of Topliss-reactive ketones (excluding diaryl/α,β-unsaturated/α-hetero) is 1. The molecule has 0 radical (unpaired) electrons. The first-order valence-electron chi connectivity index (χ1n) is 5.96. The van der Waals surface area contributed by atoms with Crippen LogP contribution in [0.3, 0.4) is 0 Å². The molecule has 0 aliphatic carbocycles. The predicted octanol–water partition coefficient (Wildman–Crippen LogP) is -0.780. The van der Waals surface area contributed by atoms with E-state index in [9.17, 15) is 4.79 Å². The summed E-state index contributed by atoms with van der Waals surface area (Å²) in [7, 11) is 0. The molecule has 16 heavy (non-hydrogen) atoms. The quantitative estimate of drug-likeness (QED) is 0.631. The summed E-state index contributed by atoms with van der Waals surface area (Å²) in [6.07, 6.45) is 0. The van der Waals surface area contributed by atoms with Crippen LogP contribution in [0.5, 0.6) is 0 Å². The molecule has 0 atom stereocenters. The van der Waals surface area contributed by atoms with Crippen LogP contribution in [-0.4, -0.2) is 81.3 Å². The SMILES string of the molecule is O=C(CN1CCOCC1)CN1CCOCC1. The second-order valence-electron chi connectivity index (χ2n) is 4.32. The van der Waals surface area contributed by atoms with E-state index < -0.39 is 0 Å². The maximum atomic E-state index is 11.8. The van der Waals surface area contributed by atoms with Crippen LogP contribution in [0.15, 0.2) is 0 Å². The number of rotatable bonds is 4. The number of morpholine rings is 2. The van der Waals surface area contributed by atoms with Crippen LogP contribution >= 0.6 is 0 Å². The summed E-state index contributed by atoms with van der Waals surface area (Å²) in [5.74, 6) is 0.309. The number of carbonyl (C=O) groups excluding carboxylic acids is 1. The van der Waals surface area contributed by atoms with Gasteiger partial charge in [-0.05, 0) is 0 Å². The van der Waals surface area contributed by atoms with Gasteiger partial charge in [0.1, 0.15) is 0 Å². The largest absolute Gasteiger partial charge is 0.379 e. The summed E-state index contributed by atoms with van der Waals surface area (Å²) >= 11 is 0. The van der Waals surface area contributed by atoms with Crippen molar-refractivity contribution in [2.45, 2.75) is 0 Å². The van der Waals surface area contributed by atoms with Crippen molar-refractivity contribution < 1.29 is 14.3 Å². The van der Waals surface area contributed by atoms with Gasteiger partial charge in [0.15, 0.2) is 5.78 Å². The summed E-state index contributed by atoms with van der Waals surface area (Å²) < 4.78 is 10.5. The van der Waals surface area contributed by atoms with E-state index in [-0.39, 0.29) is 0 Å². The molecule has 0 N–H and O–H groups in total. The van der Waals surface area contributed by atoms with Gasteiger partial charge in [0.05, 0.1) is 39.5 Å². The molecule has 2 aliphatic heterocycles. The highest BCUT2D eigenvalue weighted by Crippen LogP contribution is 2.00. The smallest absolute Gasteiger partial charge is 0.160 e. The first kappa shape index (κ1) is 12.0.